The van der Waals surface area contributed by atoms with Crippen molar-refractivity contribution < 1.29 is 9.52 Å². The lowest BCUT2D eigenvalue weighted by Gasteiger charge is -2.42. The average molecular weight is 292 g/mol. The van der Waals surface area contributed by atoms with Gasteiger partial charge in [-0.15, -0.1) is 0 Å². The van der Waals surface area contributed by atoms with Crippen LogP contribution in [0.2, 0.25) is 0 Å². The fourth-order valence-electron chi connectivity index (χ4n) is 3.63. The molecule has 2 aliphatic rings. The zero-order valence-corrected chi connectivity index (χ0v) is 13.3. The summed E-state index contributed by atoms with van der Waals surface area (Å²) < 4.78 is 5.53. The van der Waals surface area contributed by atoms with Gasteiger partial charge in [0.2, 0.25) is 0 Å². The lowest BCUT2D eigenvalue weighted by Crippen LogP contribution is -2.45. The number of hydrogen-bond acceptors (Lipinski definition) is 4. The summed E-state index contributed by atoms with van der Waals surface area (Å²) in [6, 6.07) is 0. The minimum Gasteiger partial charge on any atom is -0.448 e. The Labute approximate surface area is 127 Å². The first-order valence-electron chi connectivity index (χ1n) is 8.38. The minimum absolute atomic E-state index is 0.129. The molecule has 1 saturated carbocycles. The lowest BCUT2D eigenvalue weighted by molar-refractivity contribution is 0.0175. The van der Waals surface area contributed by atoms with Crippen LogP contribution in [-0.2, 0) is 6.54 Å². The molecule has 118 valence electrons. The third kappa shape index (κ3) is 3.67. The molecule has 1 N–H and O–H groups in total. The summed E-state index contributed by atoms with van der Waals surface area (Å²) in [5.74, 6) is 2.04. The van der Waals surface area contributed by atoms with E-state index in [1.807, 2.05) is 0 Å². The monoisotopic (exact) mass is 292 g/mol. The van der Waals surface area contributed by atoms with E-state index >= 15 is 0 Å². The molecule has 4 heteroatoms. The Morgan fingerprint density at radius 2 is 2.29 bits per heavy atom. The Morgan fingerprint density at radius 1 is 1.48 bits per heavy atom. The Kier molecular flexibility index (Phi) is 4.36. The summed E-state index contributed by atoms with van der Waals surface area (Å²) in [6.07, 6.45) is 8.09. The zero-order valence-electron chi connectivity index (χ0n) is 13.3. The highest BCUT2D eigenvalue weighted by Crippen LogP contribution is 2.44. The molecule has 0 aromatic carbocycles. The molecule has 0 unspecified atom stereocenters. The van der Waals surface area contributed by atoms with Crippen molar-refractivity contribution in [2.75, 3.05) is 19.7 Å². The molecule has 1 aromatic heterocycles. The van der Waals surface area contributed by atoms with Crippen LogP contribution < -0.4 is 0 Å². The van der Waals surface area contributed by atoms with Gasteiger partial charge in [0, 0.05) is 31.0 Å². The average Bonchev–Trinajstić information content (AvgIpc) is 3.14. The molecular formula is C17H28N2O2. The van der Waals surface area contributed by atoms with Crippen molar-refractivity contribution in [3.05, 3.63) is 17.8 Å². The second-order valence-corrected chi connectivity index (χ2v) is 7.45. The lowest BCUT2D eigenvalue weighted by atomic mass is 9.76. The smallest absolute Gasteiger partial charge is 0.196 e. The number of aliphatic hydroxyl groups excluding tert-OH is 1. The minimum atomic E-state index is 0.129. The van der Waals surface area contributed by atoms with Crippen molar-refractivity contribution in [1.29, 1.82) is 0 Å². The maximum absolute atomic E-state index is 9.92. The Balaban J connectivity index is 1.61. The Morgan fingerprint density at radius 3 is 2.90 bits per heavy atom. The molecule has 21 heavy (non-hydrogen) atoms. The zero-order chi connectivity index (χ0) is 14.9. The van der Waals surface area contributed by atoms with Gasteiger partial charge in [0.1, 0.15) is 6.26 Å². The third-order valence-electron chi connectivity index (χ3n) is 4.94. The molecule has 1 aliphatic carbocycles. The van der Waals surface area contributed by atoms with Crippen molar-refractivity contribution in [3.63, 3.8) is 0 Å². The van der Waals surface area contributed by atoms with Gasteiger partial charge in [0.25, 0.3) is 0 Å². The summed E-state index contributed by atoms with van der Waals surface area (Å²) in [4.78, 5) is 7.03. The number of rotatable bonds is 6. The van der Waals surface area contributed by atoms with E-state index < -0.39 is 0 Å². The van der Waals surface area contributed by atoms with Crippen molar-refractivity contribution in [2.24, 2.45) is 11.3 Å². The van der Waals surface area contributed by atoms with E-state index in [0.29, 0.717) is 12.5 Å². The summed E-state index contributed by atoms with van der Waals surface area (Å²) in [7, 11) is 0. The van der Waals surface area contributed by atoms with E-state index in [1.54, 1.807) is 6.26 Å². The standard InChI is InChI=1S/C17H28N2O2/c1-13(2)16-18-15(10-21-16)9-19-7-3-6-17(11-19,12-20)8-14-4-5-14/h10,13-14,20H,3-9,11-12H2,1-2H3/t17-/m0/s1. The molecule has 0 radical (unpaired) electrons. The van der Waals surface area contributed by atoms with E-state index in [-0.39, 0.29) is 5.41 Å². The van der Waals surface area contributed by atoms with E-state index in [2.05, 4.69) is 23.7 Å². The normalized spacial score (nSPS) is 27.4. The van der Waals surface area contributed by atoms with Gasteiger partial charge in [-0.3, -0.25) is 4.90 Å². The number of nitrogens with zero attached hydrogens (tertiary/aromatic N) is 2. The molecule has 0 spiro atoms. The van der Waals surface area contributed by atoms with Gasteiger partial charge in [-0.25, -0.2) is 4.98 Å². The van der Waals surface area contributed by atoms with E-state index in [4.69, 9.17) is 4.42 Å². The number of piperidine rings is 1. The first-order chi connectivity index (χ1) is 10.1. The van der Waals surface area contributed by atoms with Crippen LogP contribution in [0.15, 0.2) is 10.7 Å². The van der Waals surface area contributed by atoms with Crippen LogP contribution in [0.5, 0.6) is 0 Å². The number of likely N-dealkylation sites (tertiary alicyclic amines) is 1. The Bertz CT molecular complexity index is 467. The quantitative estimate of drug-likeness (QED) is 0.875. The van der Waals surface area contributed by atoms with Gasteiger partial charge in [0.05, 0.1) is 5.69 Å². The van der Waals surface area contributed by atoms with Crippen LogP contribution in [0.3, 0.4) is 0 Å². The van der Waals surface area contributed by atoms with Crippen LogP contribution in [0.4, 0.5) is 0 Å². The molecule has 1 aliphatic heterocycles. The largest absolute Gasteiger partial charge is 0.448 e. The van der Waals surface area contributed by atoms with Gasteiger partial charge in [-0.1, -0.05) is 26.7 Å². The first kappa shape index (κ1) is 15.0. The molecule has 0 amide bonds. The van der Waals surface area contributed by atoms with Gasteiger partial charge in [0.15, 0.2) is 5.89 Å². The molecule has 3 rings (SSSR count). The van der Waals surface area contributed by atoms with E-state index in [0.717, 1.165) is 37.1 Å². The van der Waals surface area contributed by atoms with Crippen LogP contribution in [0, 0.1) is 11.3 Å². The molecule has 1 atom stereocenters. The molecule has 0 bridgehead atoms. The number of aromatic nitrogens is 1. The third-order valence-corrected chi connectivity index (χ3v) is 4.94. The van der Waals surface area contributed by atoms with Gasteiger partial charge < -0.3 is 9.52 Å². The Hall–Kier alpha value is -0.870. The molecule has 2 fully saturated rings. The van der Waals surface area contributed by atoms with Gasteiger partial charge in [-0.05, 0) is 31.7 Å². The fraction of sp³-hybridized carbons (Fsp3) is 0.824. The molecule has 2 heterocycles. The van der Waals surface area contributed by atoms with Gasteiger partial charge >= 0.3 is 0 Å². The second kappa shape index (κ2) is 6.09. The number of aliphatic hydroxyl groups is 1. The summed E-state index contributed by atoms with van der Waals surface area (Å²) in [5, 5.41) is 9.92. The number of hydrogen-bond donors (Lipinski definition) is 1. The maximum atomic E-state index is 9.92. The van der Waals surface area contributed by atoms with Crippen LogP contribution in [0.25, 0.3) is 0 Å². The van der Waals surface area contributed by atoms with E-state index in [9.17, 15) is 5.11 Å². The van der Waals surface area contributed by atoms with Crippen molar-refractivity contribution in [2.45, 2.75) is 58.4 Å². The molecular weight excluding hydrogens is 264 g/mol. The topological polar surface area (TPSA) is 49.5 Å². The summed E-state index contributed by atoms with van der Waals surface area (Å²) in [6.45, 7) is 7.49. The van der Waals surface area contributed by atoms with E-state index in [1.165, 1.54) is 32.1 Å². The van der Waals surface area contributed by atoms with Crippen molar-refractivity contribution in [1.82, 2.24) is 9.88 Å². The van der Waals surface area contributed by atoms with Crippen LogP contribution in [0.1, 0.15) is 63.5 Å². The molecule has 4 nitrogen and oxygen atoms in total. The molecule has 1 aromatic rings. The first-order valence-corrected chi connectivity index (χ1v) is 8.38. The van der Waals surface area contributed by atoms with Crippen LogP contribution in [-0.4, -0.2) is 34.7 Å². The van der Waals surface area contributed by atoms with Gasteiger partial charge in [-0.2, -0.15) is 0 Å². The summed E-state index contributed by atoms with van der Waals surface area (Å²) in [5.41, 5.74) is 1.16. The number of oxazole rings is 1. The van der Waals surface area contributed by atoms with Crippen molar-refractivity contribution >= 4 is 0 Å². The highest BCUT2D eigenvalue weighted by molar-refractivity contribution is 5.01. The maximum Gasteiger partial charge on any atom is 0.196 e. The summed E-state index contributed by atoms with van der Waals surface area (Å²) >= 11 is 0. The SMILES string of the molecule is CC(C)c1nc(CN2CCC[C@](CO)(CC3CC3)C2)co1. The van der Waals surface area contributed by atoms with Crippen LogP contribution >= 0.6 is 0 Å². The predicted molar refractivity (Wildman–Crippen MR) is 82.0 cm³/mol. The second-order valence-electron chi connectivity index (χ2n) is 7.45. The molecule has 1 saturated heterocycles. The highest BCUT2D eigenvalue weighted by Gasteiger charge is 2.39. The predicted octanol–water partition coefficient (Wildman–Crippen LogP) is 3.17. The highest BCUT2D eigenvalue weighted by atomic mass is 16.3. The fourth-order valence-corrected chi connectivity index (χ4v) is 3.63. The van der Waals surface area contributed by atoms with Crippen molar-refractivity contribution in [3.8, 4) is 0 Å².